The predicted molar refractivity (Wildman–Crippen MR) is 131 cm³/mol. The molecule has 3 aromatic carbocycles. The molecule has 0 aliphatic carbocycles. The maximum absolute atomic E-state index is 12.9. The molecule has 1 heterocycles. The number of hydrogen-bond acceptors (Lipinski definition) is 2. The zero-order chi connectivity index (χ0) is 22.7. The van der Waals surface area contributed by atoms with Gasteiger partial charge in [0, 0.05) is 22.7 Å². The first kappa shape index (κ1) is 21.8. The molecule has 4 rings (SSSR count). The molecule has 1 atom stereocenters. The van der Waals surface area contributed by atoms with Gasteiger partial charge >= 0.3 is 0 Å². The lowest BCUT2D eigenvalue weighted by Crippen LogP contribution is -2.39. The zero-order valence-electron chi connectivity index (χ0n) is 18.9. The lowest BCUT2D eigenvalue weighted by Gasteiger charge is -2.17. The standard InChI is InChI=1S/C28H30N2O2/c1-18(2)20-7-6-8-21(14-20)25-12-11-22(13-19(25)3)28(32)30-24(17-31)15-23-16-29-27-10-5-4-9-26(23)27/h4-14,16,18,24,29,31H,15,17H2,1-3H3,(H,30,32)/t24-/m1/s1. The first-order chi connectivity index (χ1) is 15.5. The Hall–Kier alpha value is -3.37. The quantitative estimate of drug-likeness (QED) is 0.360. The maximum atomic E-state index is 12.9. The Bertz CT molecular complexity index is 1240. The number of amides is 1. The number of para-hydroxylation sites is 1. The number of carbonyl (C=O) groups excluding carboxylic acids is 1. The molecule has 4 nitrogen and oxygen atoms in total. The molecule has 0 unspecified atom stereocenters. The molecular formula is C28H30N2O2. The number of aryl methyl sites for hydroxylation is 1. The van der Waals surface area contributed by atoms with Gasteiger partial charge in [0.2, 0.25) is 0 Å². The number of benzene rings is 3. The molecule has 0 saturated carbocycles. The third-order valence-corrected chi connectivity index (χ3v) is 6.05. The first-order valence-corrected chi connectivity index (χ1v) is 11.1. The minimum atomic E-state index is -0.357. The van der Waals surface area contributed by atoms with Gasteiger partial charge in [0.05, 0.1) is 12.6 Å². The van der Waals surface area contributed by atoms with Crippen molar-refractivity contribution in [2.45, 2.75) is 39.2 Å². The van der Waals surface area contributed by atoms with Crippen LogP contribution < -0.4 is 5.32 Å². The van der Waals surface area contributed by atoms with Crippen molar-refractivity contribution in [2.75, 3.05) is 6.61 Å². The van der Waals surface area contributed by atoms with Crippen LogP contribution in [0.2, 0.25) is 0 Å². The Morgan fingerprint density at radius 2 is 1.84 bits per heavy atom. The van der Waals surface area contributed by atoms with Crippen molar-refractivity contribution in [3.05, 3.63) is 95.2 Å². The number of aliphatic hydroxyl groups excluding tert-OH is 1. The Balaban J connectivity index is 1.50. The average molecular weight is 427 g/mol. The Morgan fingerprint density at radius 1 is 1.03 bits per heavy atom. The monoisotopic (exact) mass is 426 g/mol. The molecule has 0 aliphatic rings. The second-order valence-electron chi connectivity index (χ2n) is 8.73. The highest BCUT2D eigenvalue weighted by Crippen LogP contribution is 2.27. The van der Waals surface area contributed by atoms with E-state index >= 15 is 0 Å². The zero-order valence-corrected chi connectivity index (χ0v) is 18.9. The van der Waals surface area contributed by atoms with Crippen LogP contribution in [0.3, 0.4) is 0 Å². The third kappa shape index (κ3) is 4.61. The number of aromatic nitrogens is 1. The van der Waals surface area contributed by atoms with E-state index in [2.05, 4.69) is 48.4 Å². The molecule has 1 aromatic heterocycles. The van der Waals surface area contributed by atoms with Gasteiger partial charge in [-0.2, -0.15) is 0 Å². The normalized spacial score (nSPS) is 12.3. The smallest absolute Gasteiger partial charge is 0.251 e. The third-order valence-electron chi connectivity index (χ3n) is 6.05. The van der Waals surface area contributed by atoms with Crippen LogP contribution in [0.25, 0.3) is 22.0 Å². The fourth-order valence-corrected chi connectivity index (χ4v) is 4.19. The second-order valence-corrected chi connectivity index (χ2v) is 8.73. The second kappa shape index (κ2) is 9.41. The maximum Gasteiger partial charge on any atom is 0.251 e. The van der Waals surface area contributed by atoms with Gasteiger partial charge in [-0.3, -0.25) is 4.79 Å². The van der Waals surface area contributed by atoms with Crippen molar-refractivity contribution in [2.24, 2.45) is 0 Å². The van der Waals surface area contributed by atoms with Crippen LogP contribution in [0.5, 0.6) is 0 Å². The van der Waals surface area contributed by atoms with Gasteiger partial charge < -0.3 is 15.4 Å². The molecule has 0 spiro atoms. The van der Waals surface area contributed by atoms with Crippen LogP contribution in [0.4, 0.5) is 0 Å². The molecule has 0 saturated heterocycles. The highest BCUT2D eigenvalue weighted by atomic mass is 16.3. The summed E-state index contributed by atoms with van der Waals surface area (Å²) in [4.78, 5) is 16.2. The number of carbonyl (C=O) groups is 1. The van der Waals surface area contributed by atoms with Crippen molar-refractivity contribution in [1.29, 1.82) is 0 Å². The van der Waals surface area contributed by atoms with Crippen LogP contribution in [0, 0.1) is 6.92 Å². The van der Waals surface area contributed by atoms with Gasteiger partial charge in [0.25, 0.3) is 5.91 Å². The van der Waals surface area contributed by atoms with E-state index in [1.165, 1.54) is 5.56 Å². The number of aromatic amines is 1. The highest BCUT2D eigenvalue weighted by Gasteiger charge is 2.17. The van der Waals surface area contributed by atoms with E-state index in [-0.39, 0.29) is 18.6 Å². The van der Waals surface area contributed by atoms with Crippen LogP contribution >= 0.6 is 0 Å². The van der Waals surface area contributed by atoms with Crippen LogP contribution in [-0.2, 0) is 6.42 Å². The van der Waals surface area contributed by atoms with Gasteiger partial charge in [-0.1, -0.05) is 62.4 Å². The van der Waals surface area contributed by atoms with Crippen molar-refractivity contribution in [3.63, 3.8) is 0 Å². The molecule has 4 heteroatoms. The highest BCUT2D eigenvalue weighted by molar-refractivity contribution is 5.95. The van der Waals surface area contributed by atoms with Crippen molar-refractivity contribution in [1.82, 2.24) is 10.3 Å². The van der Waals surface area contributed by atoms with Crippen molar-refractivity contribution >= 4 is 16.8 Å². The minimum Gasteiger partial charge on any atom is -0.394 e. The molecule has 0 radical (unpaired) electrons. The lowest BCUT2D eigenvalue weighted by atomic mass is 9.94. The first-order valence-electron chi connectivity index (χ1n) is 11.1. The molecular weight excluding hydrogens is 396 g/mol. The predicted octanol–water partition coefficient (Wildman–Crippen LogP) is 5.60. The molecule has 0 bridgehead atoms. The molecule has 1 amide bonds. The Labute approximate surface area is 189 Å². The van der Waals surface area contributed by atoms with E-state index in [0.29, 0.717) is 17.9 Å². The Morgan fingerprint density at radius 3 is 2.59 bits per heavy atom. The molecule has 3 N–H and O–H groups in total. The number of fused-ring (bicyclic) bond motifs is 1. The summed E-state index contributed by atoms with van der Waals surface area (Å²) in [5.41, 5.74) is 7.37. The van der Waals surface area contributed by atoms with Gasteiger partial charge in [-0.25, -0.2) is 0 Å². The fraction of sp³-hybridized carbons (Fsp3) is 0.250. The van der Waals surface area contributed by atoms with E-state index in [0.717, 1.165) is 33.2 Å². The summed E-state index contributed by atoms with van der Waals surface area (Å²) in [6.45, 7) is 6.29. The number of aliphatic hydroxyl groups is 1. The molecule has 4 aromatic rings. The number of H-pyrrole nitrogens is 1. The van der Waals surface area contributed by atoms with E-state index in [1.807, 2.05) is 55.6 Å². The summed E-state index contributed by atoms with van der Waals surface area (Å²) in [5.74, 6) is 0.294. The SMILES string of the molecule is Cc1cc(C(=O)N[C@@H](CO)Cc2c[nH]c3ccccc23)ccc1-c1cccc(C(C)C)c1. The number of hydrogen-bond donors (Lipinski definition) is 3. The molecule has 164 valence electrons. The molecule has 32 heavy (non-hydrogen) atoms. The van der Waals surface area contributed by atoms with Crippen LogP contribution in [0.15, 0.2) is 72.9 Å². The summed E-state index contributed by atoms with van der Waals surface area (Å²) in [6.07, 6.45) is 2.51. The Kier molecular flexibility index (Phi) is 6.42. The fourth-order valence-electron chi connectivity index (χ4n) is 4.19. The largest absolute Gasteiger partial charge is 0.394 e. The number of rotatable bonds is 7. The minimum absolute atomic E-state index is 0.121. The van der Waals surface area contributed by atoms with E-state index < -0.39 is 0 Å². The summed E-state index contributed by atoms with van der Waals surface area (Å²) in [6, 6.07) is 22.0. The van der Waals surface area contributed by atoms with Gasteiger partial charge in [0.15, 0.2) is 0 Å². The summed E-state index contributed by atoms with van der Waals surface area (Å²) in [7, 11) is 0. The van der Waals surface area contributed by atoms with Crippen molar-refractivity contribution in [3.8, 4) is 11.1 Å². The summed E-state index contributed by atoms with van der Waals surface area (Å²) < 4.78 is 0. The summed E-state index contributed by atoms with van der Waals surface area (Å²) in [5, 5.41) is 14.0. The van der Waals surface area contributed by atoms with Gasteiger partial charge in [0.1, 0.15) is 0 Å². The van der Waals surface area contributed by atoms with E-state index in [1.54, 1.807) is 0 Å². The van der Waals surface area contributed by atoms with Crippen LogP contribution in [-0.4, -0.2) is 28.6 Å². The van der Waals surface area contributed by atoms with E-state index in [9.17, 15) is 9.90 Å². The number of nitrogens with one attached hydrogen (secondary N) is 2. The van der Waals surface area contributed by atoms with Gasteiger partial charge in [-0.15, -0.1) is 0 Å². The van der Waals surface area contributed by atoms with Crippen molar-refractivity contribution < 1.29 is 9.90 Å². The molecule has 0 aliphatic heterocycles. The average Bonchev–Trinajstić information content (AvgIpc) is 3.21. The van der Waals surface area contributed by atoms with Crippen LogP contribution in [0.1, 0.15) is 46.8 Å². The van der Waals surface area contributed by atoms with Gasteiger partial charge in [-0.05, 0) is 65.3 Å². The lowest BCUT2D eigenvalue weighted by molar-refractivity contribution is 0.0916. The topological polar surface area (TPSA) is 65.1 Å². The van der Waals surface area contributed by atoms with E-state index in [4.69, 9.17) is 0 Å². The molecule has 0 fully saturated rings. The summed E-state index contributed by atoms with van der Waals surface area (Å²) >= 11 is 0.